The summed E-state index contributed by atoms with van der Waals surface area (Å²) >= 11 is 0. The topological polar surface area (TPSA) is 69.0 Å². The number of imidazole rings is 1. The third-order valence-corrected chi connectivity index (χ3v) is 4.19. The van der Waals surface area contributed by atoms with Gasteiger partial charge in [0.2, 0.25) is 0 Å². The van der Waals surface area contributed by atoms with Crippen molar-refractivity contribution in [2.24, 2.45) is 7.05 Å². The Morgan fingerprint density at radius 3 is 2.70 bits per heavy atom. The zero-order chi connectivity index (χ0) is 14.8. The second-order valence-electron chi connectivity index (χ2n) is 4.68. The van der Waals surface area contributed by atoms with Gasteiger partial charge in [-0.3, -0.25) is 4.79 Å². The molecule has 106 valence electrons. The average Bonchev–Trinajstić information content (AvgIpc) is 2.81. The highest BCUT2D eigenvalue weighted by Crippen LogP contribution is 2.13. The van der Waals surface area contributed by atoms with E-state index >= 15 is 0 Å². The highest BCUT2D eigenvalue weighted by Gasteiger charge is 2.12. The van der Waals surface area contributed by atoms with Crippen LogP contribution >= 0.6 is 0 Å². The van der Waals surface area contributed by atoms with Crippen LogP contribution in [-0.2, 0) is 23.3 Å². The lowest BCUT2D eigenvalue weighted by Crippen LogP contribution is -2.06. The Labute approximate surface area is 118 Å². The van der Waals surface area contributed by atoms with Crippen molar-refractivity contribution in [3.8, 4) is 0 Å². The van der Waals surface area contributed by atoms with Crippen molar-refractivity contribution >= 4 is 15.6 Å². The van der Waals surface area contributed by atoms with E-state index in [9.17, 15) is 13.2 Å². The molecule has 6 heteroatoms. The Kier molecular flexibility index (Phi) is 4.04. The van der Waals surface area contributed by atoms with Crippen LogP contribution in [0, 0.1) is 0 Å². The second-order valence-corrected chi connectivity index (χ2v) is 6.69. The monoisotopic (exact) mass is 292 g/mol. The SMILES string of the molecule is Cn1ccnc1CCC(=O)c1cccc(S(C)(=O)=O)c1. The molecule has 0 N–H and O–H groups in total. The van der Waals surface area contributed by atoms with E-state index in [1.807, 2.05) is 17.8 Å². The minimum Gasteiger partial charge on any atom is -0.338 e. The van der Waals surface area contributed by atoms with E-state index in [1.54, 1.807) is 18.3 Å². The van der Waals surface area contributed by atoms with Crippen molar-refractivity contribution in [2.45, 2.75) is 17.7 Å². The summed E-state index contributed by atoms with van der Waals surface area (Å²) in [4.78, 5) is 16.4. The predicted molar refractivity (Wildman–Crippen MR) is 75.4 cm³/mol. The van der Waals surface area contributed by atoms with Gasteiger partial charge in [0.05, 0.1) is 4.90 Å². The molecule has 0 aliphatic heterocycles. The Morgan fingerprint density at radius 2 is 2.10 bits per heavy atom. The molecule has 0 unspecified atom stereocenters. The van der Waals surface area contributed by atoms with Crippen LogP contribution in [0.2, 0.25) is 0 Å². The molecule has 1 heterocycles. The normalized spacial score (nSPS) is 11.5. The lowest BCUT2D eigenvalue weighted by Gasteiger charge is -2.04. The molecule has 20 heavy (non-hydrogen) atoms. The second kappa shape index (κ2) is 5.58. The van der Waals surface area contributed by atoms with Gasteiger partial charge in [0.15, 0.2) is 15.6 Å². The summed E-state index contributed by atoms with van der Waals surface area (Å²) in [5.41, 5.74) is 0.419. The van der Waals surface area contributed by atoms with E-state index in [1.165, 1.54) is 12.1 Å². The van der Waals surface area contributed by atoms with Gasteiger partial charge in [-0.15, -0.1) is 0 Å². The maximum atomic E-state index is 12.1. The van der Waals surface area contributed by atoms with Gasteiger partial charge in [0.25, 0.3) is 0 Å². The molecule has 0 atom stereocenters. The summed E-state index contributed by atoms with van der Waals surface area (Å²) in [5, 5.41) is 0. The van der Waals surface area contributed by atoms with Gasteiger partial charge in [-0.1, -0.05) is 12.1 Å². The molecule has 0 radical (unpaired) electrons. The summed E-state index contributed by atoms with van der Waals surface area (Å²) in [6, 6.07) is 6.14. The molecular weight excluding hydrogens is 276 g/mol. The fourth-order valence-electron chi connectivity index (χ4n) is 1.91. The van der Waals surface area contributed by atoms with Gasteiger partial charge in [0.1, 0.15) is 5.82 Å². The van der Waals surface area contributed by atoms with E-state index in [4.69, 9.17) is 0 Å². The zero-order valence-corrected chi connectivity index (χ0v) is 12.2. The first-order valence-electron chi connectivity index (χ1n) is 6.17. The number of nitrogens with zero attached hydrogens (tertiary/aromatic N) is 2. The first kappa shape index (κ1) is 14.5. The van der Waals surface area contributed by atoms with E-state index in [0.717, 1.165) is 12.1 Å². The highest BCUT2D eigenvalue weighted by atomic mass is 32.2. The number of aromatic nitrogens is 2. The largest absolute Gasteiger partial charge is 0.338 e. The molecule has 1 aromatic carbocycles. The molecule has 0 amide bonds. The van der Waals surface area contributed by atoms with E-state index in [-0.39, 0.29) is 10.7 Å². The van der Waals surface area contributed by atoms with Crippen molar-refractivity contribution in [3.05, 3.63) is 48.0 Å². The molecule has 2 rings (SSSR count). The van der Waals surface area contributed by atoms with Gasteiger partial charge < -0.3 is 4.57 Å². The standard InChI is InChI=1S/C14H16N2O3S/c1-16-9-8-15-14(16)7-6-13(17)11-4-3-5-12(10-11)20(2,18)19/h3-5,8-10H,6-7H2,1-2H3. The molecule has 5 nitrogen and oxygen atoms in total. The van der Waals surface area contributed by atoms with Crippen LogP contribution in [0.15, 0.2) is 41.6 Å². The van der Waals surface area contributed by atoms with Crippen molar-refractivity contribution < 1.29 is 13.2 Å². The Hall–Kier alpha value is -1.95. The number of rotatable bonds is 5. The van der Waals surface area contributed by atoms with Crippen LogP contribution in [-0.4, -0.2) is 30.0 Å². The number of Topliss-reactive ketones (excluding diaryl/α,β-unsaturated/α-hetero) is 1. The molecule has 0 aliphatic carbocycles. The smallest absolute Gasteiger partial charge is 0.175 e. The van der Waals surface area contributed by atoms with Crippen LogP contribution in [0.3, 0.4) is 0 Å². The number of ketones is 1. The molecule has 0 aliphatic rings. The quantitative estimate of drug-likeness (QED) is 0.786. The molecular formula is C14H16N2O3S. The van der Waals surface area contributed by atoms with E-state index in [0.29, 0.717) is 18.4 Å². The van der Waals surface area contributed by atoms with Gasteiger partial charge in [-0.25, -0.2) is 13.4 Å². The minimum atomic E-state index is -3.29. The van der Waals surface area contributed by atoms with E-state index < -0.39 is 9.84 Å². The van der Waals surface area contributed by atoms with Crippen LogP contribution in [0.5, 0.6) is 0 Å². The Morgan fingerprint density at radius 1 is 1.35 bits per heavy atom. The zero-order valence-electron chi connectivity index (χ0n) is 11.4. The predicted octanol–water partition coefficient (Wildman–Crippen LogP) is 1.64. The number of hydrogen-bond donors (Lipinski definition) is 0. The Bertz CT molecular complexity index is 732. The number of carbonyl (C=O) groups excluding carboxylic acids is 1. The molecule has 0 saturated carbocycles. The number of hydrogen-bond acceptors (Lipinski definition) is 4. The molecule has 0 fully saturated rings. The maximum Gasteiger partial charge on any atom is 0.175 e. The molecule has 1 aromatic heterocycles. The molecule has 0 spiro atoms. The van der Waals surface area contributed by atoms with E-state index in [2.05, 4.69) is 4.98 Å². The Balaban J connectivity index is 2.12. The summed E-state index contributed by atoms with van der Waals surface area (Å²) in [5.74, 6) is 0.746. The van der Waals surface area contributed by atoms with Gasteiger partial charge in [-0.05, 0) is 12.1 Å². The summed E-state index contributed by atoms with van der Waals surface area (Å²) in [6.07, 6.45) is 5.47. The summed E-state index contributed by atoms with van der Waals surface area (Å²) in [6.45, 7) is 0. The number of benzene rings is 1. The van der Waals surface area contributed by atoms with Gasteiger partial charge >= 0.3 is 0 Å². The van der Waals surface area contributed by atoms with Gasteiger partial charge in [-0.2, -0.15) is 0 Å². The van der Waals surface area contributed by atoms with Crippen molar-refractivity contribution in [1.82, 2.24) is 9.55 Å². The van der Waals surface area contributed by atoms with Crippen LogP contribution in [0.4, 0.5) is 0 Å². The number of aryl methyl sites for hydroxylation is 2. The minimum absolute atomic E-state index is 0.0847. The van der Waals surface area contributed by atoms with Crippen molar-refractivity contribution in [3.63, 3.8) is 0 Å². The fraction of sp³-hybridized carbons (Fsp3) is 0.286. The highest BCUT2D eigenvalue weighted by molar-refractivity contribution is 7.90. The average molecular weight is 292 g/mol. The third kappa shape index (κ3) is 3.33. The van der Waals surface area contributed by atoms with Crippen LogP contribution in [0.25, 0.3) is 0 Å². The molecule has 2 aromatic rings. The summed E-state index contributed by atoms with van der Waals surface area (Å²) in [7, 11) is -1.42. The first-order valence-corrected chi connectivity index (χ1v) is 8.06. The lowest BCUT2D eigenvalue weighted by atomic mass is 10.1. The maximum absolute atomic E-state index is 12.1. The van der Waals surface area contributed by atoms with Crippen LogP contribution in [0.1, 0.15) is 22.6 Å². The summed E-state index contributed by atoms with van der Waals surface area (Å²) < 4.78 is 24.8. The number of carbonyl (C=O) groups is 1. The third-order valence-electron chi connectivity index (χ3n) is 3.08. The van der Waals surface area contributed by atoms with Crippen molar-refractivity contribution in [1.29, 1.82) is 0 Å². The van der Waals surface area contributed by atoms with Crippen molar-refractivity contribution in [2.75, 3.05) is 6.26 Å². The van der Waals surface area contributed by atoms with Crippen LogP contribution < -0.4 is 0 Å². The lowest BCUT2D eigenvalue weighted by molar-refractivity contribution is 0.0982. The fourth-order valence-corrected chi connectivity index (χ4v) is 2.57. The van der Waals surface area contributed by atoms with Gasteiger partial charge in [0, 0.05) is 44.1 Å². The first-order chi connectivity index (χ1) is 9.38. The molecule has 0 bridgehead atoms. The molecule has 0 saturated heterocycles. The number of sulfone groups is 1.